The number of pyridine rings is 1. The van der Waals surface area contributed by atoms with Gasteiger partial charge in [-0.3, -0.25) is 4.79 Å². The predicted molar refractivity (Wildman–Crippen MR) is 152 cm³/mol. The van der Waals surface area contributed by atoms with Crippen molar-refractivity contribution in [2.45, 2.75) is 26.7 Å². The van der Waals surface area contributed by atoms with Gasteiger partial charge in [-0.2, -0.15) is 0 Å². The minimum absolute atomic E-state index is 0.0361. The lowest BCUT2D eigenvalue weighted by atomic mass is 9.95. The first-order valence-electron chi connectivity index (χ1n) is 13.3. The van der Waals surface area contributed by atoms with Crippen molar-refractivity contribution in [3.63, 3.8) is 0 Å². The predicted octanol–water partition coefficient (Wildman–Crippen LogP) is 6.76. The molecule has 38 heavy (non-hydrogen) atoms. The molecule has 0 amide bonds. The second kappa shape index (κ2) is 11.5. The summed E-state index contributed by atoms with van der Waals surface area (Å²) < 4.78 is 16.6. The van der Waals surface area contributed by atoms with Crippen LogP contribution in [0.2, 0.25) is 0 Å². The number of hydrogen-bond acceptors (Lipinski definition) is 6. The van der Waals surface area contributed by atoms with Crippen molar-refractivity contribution in [3.8, 4) is 33.9 Å². The summed E-state index contributed by atoms with van der Waals surface area (Å²) in [6, 6.07) is 24.8. The molecule has 0 bridgehead atoms. The maximum absolute atomic E-state index is 12.3. The first-order valence-corrected chi connectivity index (χ1v) is 13.3. The number of fused-ring (bicyclic) bond motifs is 1. The molecular formula is C32H34N2O4. The second-order valence-corrected chi connectivity index (χ2v) is 9.43. The van der Waals surface area contributed by atoms with Gasteiger partial charge in [0.15, 0.2) is 0 Å². The van der Waals surface area contributed by atoms with Crippen LogP contribution in [0.4, 0.5) is 5.69 Å². The Morgan fingerprint density at radius 1 is 0.921 bits per heavy atom. The van der Waals surface area contributed by atoms with E-state index in [0.29, 0.717) is 13.2 Å². The summed E-state index contributed by atoms with van der Waals surface area (Å²) in [4.78, 5) is 19.7. The number of hydrogen-bond donors (Lipinski definition) is 0. The van der Waals surface area contributed by atoms with Crippen molar-refractivity contribution >= 4 is 22.6 Å². The molecule has 0 radical (unpaired) electrons. The maximum atomic E-state index is 12.3. The van der Waals surface area contributed by atoms with Gasteiger partial charge in [-0.25, -0.2) is 4.98 Å². The van der Waals surface area contributed by atoms with Gasteiger partial charge in [-0.1, -0.05) is 42.5 Å². The Kier molecular flexibility index (Phi) is 7.78. The Morgan fingerprint density at radius 3 is 2.37 bits per heavy atom. The second-order valence-electron chi connectivity index (χ2n) is 9.43. The molecule has 0 spiro atoms. The van der Waals surface area contributed by atoms with E-state index in [1.54, 1.807) is 7.11 Å². The molecule has 1 aromatic heterocycles. The van der Waals surface area contributed by atoms with Gasteiger partial charge in [0.2, 0.25) is 0 Å². The first-order chi connectivity index (χ1) is 18.6. The van der Waals surface area contributed by atoms with Crippen molar-refractivity contribution in [3.05, 3.63) is 72.8 Å². The van der Waals surface area contributed by atoms with E-state index in [1.807, 2.05) is 44.2 Å². The molecule has 5 rings (SSSR count). The number of carbonyl (C=O) groups excluding carboxylic acids is 1. The molecule has 0 aliphatic carbocycles. The summed E-state index contributed by atoms with van der Waals surface area (Å²) in [5.74, 6) is 1.54. The molecule has 196 valence electrons. The van der Waals surface area contributed by atoms with Crippen LogP contribution in [0.15, 0.2) is 72.8 Å². The van der Waals surface area contributed by atoms with Crippen LogP contribution < -0.4 is 14.4 Å². The van der Waals surface area contributed by atoms with E-state index in [0.717, 1.165) is 76.4 Å². The molecule has 1 fully saturated rings. The van der Waals surface area contributed by atoms with E-state index < -0.39 is 0 Å². The number of para-hydroxylation sites is 1. The highest BCUT2D eigenvalue weighted by Gasteiger charge is 2.27. The van der Waals surface area contributed by atoms with Crippen molar-refractivity contribution < 1.29 is 19.0 Å². The summed E-state index contributed by atoms with van der Waals surface area (Å²) in [5.41, 5.74) is 6.12. The molecule has 1 aliphatic heterocycles. The third-order valence-electron chi connectivity index (χ3n) is 7.13. The third kappa shape index (κ3) is 5.30. The van der Waals surface area contributed by atoms with E-state index >= 15 is 0 Å². The average Bonchev–Trinajstić information content (AvgIpc) is 2.97. The van der Waals surface area contributed by atoms with Crippen LogP contribution in [-0.2, 0) is 9.53 Å². The summed E-state index contributed by atoms with van der Waals surface area (Å²) in [6.45, 7) is 6.49. The zero-order valence-corrected chi connectivity index (χ0v) is 22.3. The fourth-order valence-electron chi connectivity index (χ4n) is 5.15. The fraction of sp³-hybridized carbons (Fsp3) is 0.312. The molecular weight excluding hydrogens is 476 g/mol. The Balaban J connectivity index is 1.49. The highest BCUT2D eigenvalue weighted by atomic mass is 16.5. The van der Waals surface area contributed by atoms with E-state index in [-0.39, 0.29) is 11.9 Å². The van der Waals surface area contributed by atoms with Crippen LogP contribution in [0.5, 0.6) is 11.5 Å². The van der Waals surface area contributed by atoms with Crippen LogP contribution >= 0.6 is 0 Å². The lowest BCUT2D eigenvalue weighted by molar-refractivity contribution is -0.148. The zero-order valence-electron chi connectivity index (χ0n) is 22.3. The van der Waals surface area contributed by atoms with Gasteiger partial charge in [0.1, 0.15) is 11.5 Å². The van der Waals surface area contributed by atoms with Crippen molar-refractivity contribution in [2.24, 2.45) is 5.92 Å². The van der Waals surface area contributed by atoms with Gasteiger partial charge in [0.05, 0.1) is 37.5 Å². The number of benzene rings is 3. The molecule has 2 heterocycles. The molecule has 0 saturated carbocycles. The number of aromatic nitrogens is 1. The van der Waals surface area contributed by atoms with Gasteiger partial charge >= 0.3 is 5.97 Å². The van der Waals surface area contributed by atoms with Crippen molar-refractivity contribution in [2.75, 3.05) is 38.3 Å². The number of anilines is 1. The largest absolute Gasteiger partial charge is 0.497 e. The SMILES string of the molecule is CCOC(=O)C1CCN(c2cc(-c3ccc(-c4ccccc4OCC)cc3)nc3cc(OC)ccc23)CC1. The van der Waals surface area contributed by atoms with Crippen LogP contribution in [0, 0.1) is 5.92 Å². The van der Waals surface area contributed by atoms with Crippen molar-refractivity contribution in [1.82, 2.24) is 4.98 Å². The Morgan fingerprint density at radius 2 is 1.66 bits per heavy atom. The smallest absolute Gasteiger partial charge is 0.309 e. The number of ether oxygens (including phenoxy) is 3. The van der Waals surface area contributed by atoms with Gasteiger partial charge in [0.25, 0.3) is 0 Å². The molecule has 3 aromatic carbocycles. The lowest BCUT2D eigenvalue weighted by Gasteiger charge is -2.33. The van der Waals surface area contributed by atoms with E-state index in [4.69, 9.17) is 19.2 Å². The number of nitrogens with zero attached hydrogens (tertiary/aromatic N) is 2. The fourth-order valence-corrected chi connectivity index (χ4v) is 5.15. The van der Waals surface area contributed by atoms with Crippen LogP contribution in [0.25, 0.3) is 33.3 Å². The normalized spacial score (nSPS) is 13.9. The van der Waals surface area contributed by atoms with Gasteiger partial charge in [0, 0.05) is 41.4 Å². The topological polar surface area (TPSA) is 60.9 Å². The highest BCUT2D eigenvalue weighted by molar-refractivity contribution is 5.95. The summed E-state index contributed by atoms with van der Waals surface area (Å²) >= 11 is 0. The number of rotatable bonds is 8. The monoisotopic (exact) mass is 510 g/mol. The van der Waals surface area contributed by atoms with E-state index in [2.05, 4.69) is 47.4 Å². The number of piperidine rings is 1. The third-order valence-corrected chi connectivity index (χ3v) is 7.13. The van der Waals surface area contributed by atoms with Crippen LogP contribution in [0.3, 0.4) is 0 Å². The Hall–Kier alpha value is -4.06. The average molecular weight is 511 g/mol. The van der Waals surface area contributed by atoms with Crippen LogP contribution in [0.1, 0.15) is 26.7 Å². The minimum Gasteiger partial charge on any atom is -0.497 e. The Labute approximate surface area is 224 Å². The lowest BCUT2D eigenvalue weighted by Crippen LogP contribution is -2.37. The molecule has 6 nitrogen and oxygen atoms in total. The van der Waals surface area contributed by atoms with Gasteiger partial charge in [-0.15, -0.1) is 0 Å². The molecule has 1 saturated heterocycles. The molecule has 0 unspecified atom stereocenters. The maximum Gasteiger partial charge on any atom is 0.309 e. The van der Waals surface area contributed by atoms with Crippen molar-refractivity contribution in [1.29, 1.82) is 0 Å². The van der Waals surface area contributed by atoms with Gasteiger partial charge in [-0.05, 0) is 56.5 Å². The van der Waals surface area contributed by atoms with E-state index in [9.17, 15) is 4.79 Å². The molecule has 1 aliphatic rings. The summed E-state index contributed by atoms with van der Waals surface area (Å²) in [6.07, 6.45) is 1.56. The van der Waals surface area contributed by atoms with Crippen LogP contribution in [-0.4, -0.2) is 44.4 Å². The molecule has 6 heteroatoms. The number of methoxy groups -OCH3 is 1. The van der Waals surface area contributed by atoms with Gasteiger partial charge < -0.3 is 19.1 Å². The zero-order chi connectivity index (χ0) is 26.5. The quantitative estimate of drug-likeness (QED) is 0.244. The van der Waals surface area contributed by atoms with E-state index in [1.165, 1.54) is 0 Å². The molecule has 4 aromatic rings. The highest BCUT2D eigenvalue weighted by Crippen LogP contribution is 2.36. The molecule has 0 N–H and O–H groups in total. The molecule has 0 atom stereocenters. The summed E-state index contributed by atoms with van der Waals surface area (Å²) in [5, 5.41) is 1.08. The number of carbonyl (C=O) groups is 1. The number of esters is 1. The summed E-state index contributed by atoms with van der Waals surface area (Å²) in [7, 11) is 1.67. The first kappa shape index (κ1) is 25.6. The minimum atomic E-state index is -0.0804. The standard InChI is InChI=1S/C32H34N2O4/c1-4-37-31-9-7-6-8-26(31)22-10-12-23(13-11-22)28-21-30(27-15-14-25(36-3)20-29(27)33-28)34-18-16-24(17-19-34)32(35)38-5-2/h6-15,20-21,24H,4-5,16-19H2,1-3H3. The Bertz CT molecular complexity index is 1410.